The summed E-state index contributed by atoms with van der Waals surface area (Å²) in [6.07, 6.45) is 5.60. The fourth-order valence-corrected chi connectivity index (χ4v) is 3.91. The molecule has 2 aromatic rings. The number of carbonyl (C=O) groups excluding carboxylic acids is 1. The van der Waals surface area contributed by atoms with Gasteiger partial charge in [-0.05, 0) is 44.7 Å². The summed E-state index contributed by atoms with van der Waals surface area (Å²) in [5, 5.41) is 6.40. The van der Waals surface area contributed by atoms with Gasteiger partial charge in [0, 0.05) is 43.9 Å². The van der Waals surface area contributed by atoms with Crippen LogP contribution >= 0.6 is 0 Å². The van der Waals surface area contributed by atoms with Crippen molar-refractivity contribution in [1.82, 2.24) is 15.3 Å². The Morgan fingerprint density at radius 3 is 2.69 bits per heavy atom. The lowest BCUT2D eigenvalue weighted by Crippen LogP contribution is -2.42. The third kappa shape index (κ3) is 5.23. The molecule has 0 bridgehead atoms. The highest BCUT2D eigenvalue weighted by atomic mass is 16.5. The van der Waals surface area contributed by atoms with Crippen LogP contribution in [0, 0.1) is 12.8 Å². The molecule has 2 aliphatic heterocycles. The molecule has 4 rings (SSSR count). The first-order chi connectivity index (χ1) is 14.2. The van der Waals surface area contributed by atoms with E-state index in [2.05, 4.69) is 44.6 Å². The molecule has 154 valence electrons. The van der Waals surface area contributed by atoms with Crippen molar-refractivity contribution in [3.63, 3.8) is 0 Å². The van der Waals surface area contributed by atoms with Crippen molar-refractivity contribution < 1.29 is 9.53 Å². The molecule has 7 heteroatoms. The van der Waals surface area contributed by atoms with E-state index in [0.717, 1.165) is 62.7 Å². The first kappa shape index (κ1) is 19.6. The minimum Gasteiger partial charge on any atom is -0.376 e. The van der Waals surface area contributed by atoms with Gasteiger partial charge in [0.15, 0.2) is 0 Å². The fourth-order valence-electron chi connectivity index (χ4n) is 3.91. The Bertz CT molecular complexity index is 812. The van der Waals surface area contributed by atoms with Crippen molar-refractivity contribution in [2.75, 3.05) is 36.5 Å². The topological polar surface area (TPSA) is 79.4 Å². The molecular weight excluding hydrogens is 366 g/mol. The van der Waals surface area contributed by atoms with Crippen molar-refractivity contribution in [2.45, 2.75) is 38.7 Å². The van der Waals surface area contributed by atoms with Gasteiger partial charge in [0.25, 0.3) is 0 Å². The van der Waals surface area contributed by atoms with Crippen LogP contribution in [0.5, 0.6) is 0 Å². The molecule has 2 saturated heterocycles. The summed E-state index contributed by atoms with van der Waals surface area (Å²) < 4.78 is 5.58. The van der Waals surface area contributed by atoms with Gasteiger partial charge < -0.3 is 20.3 Å². The predicted molar refractivity (Wildman–Crippen MR) is 113 cm³/mol. The lowest BCUT2D eigenvalue weighted by molar-refractivity contribution is -0.126. The van der Waals surface area contributed by atoms with Gasteiger partial charge in [0.1, 0.15) is 18.0 Å². The monoisotopic (exact) mass is 395 g/mol. The average Bonchev–Trinajstić information content (AvgIpc) is 3.28. The summed E-state index contributed by atoms with van der Waals surface area (Å²) in [4.78, 5) is 23.5. The molecule has 0 saturated carbocycles. The lowest BCUT2D eigenvalue weighted by Gasteiger charge is -2.32. The third-order valence-electron chi connectivity index (χ3n) is 5.69. The second-order valence-electron chi connectivity index (χ2n) is 7.89. The standard InChI is InChI=1S/C22H29N5O2/c1-16-4-6-18(7-5-16)26-20-13-21(25-15-24-20)27-10-8-17(9-11-27)22(28)23-14-19-3-2-12-29-19/h4-7,13,15,17,19H,2-3,8-12,14H2,1H3,(H,23,28)(H,24,25,26). The second-order valence-corrected chi connectivity index (χ2v) is 7.89. The van der Waals surface area contributed by atoms with Crippen molar-refractivity contribution >= 4 is 23.2 Å². The highest BCUT2D eigenvalue weighted by Gasteiger charge is 2.26. The van der Waals surface area contributed by atoms with Crippen LogP contribution in [-0.4, -0.2) is 48.2 Å². The molecule has 1 unspecified atom stereocenters. The van der Waals surface area contributed by atoms with Crippen molar-refractivity contribution in [3.05, 3.63) is 42.2 Å². The van der Waals surface area contributed by atoms with Gasteiger partial charge in [-0.2, -0.15) is 0 Å². The van der Waals surface area contributed by atoms with Crippen LogP contribution in [0.3, 0.4) is 0 Å². The summed E-state index contributed by atoms with van der Waals surface area (Å²) in [5.41, 5.74) is 2.23. The van der Waals surface area contributed by atoms with Gasteiger partial charge in [-0.15, -0.1) is 0 Å². The normalized spacial score (nSPS) is 19.9. The molecule has 1 aromatic carbocycles. The molecule has 0 radical (unpaired) electrons. The van der Waals surface area contributed by atoms with Crippen LogP contribution in [0.25, 0.3) is 0 Å². The number of hydrogen-bond donors (Lipinski definition) is 2. The molecule has 0 spiro atoms. The molecule has 29 heavy (non-hydrogen) atoms. The number of aryl methyl sites for hydroxylation is 1. The molecule has 2 aliphatic rings. The maximum atomic E-state index is 12.5. The molecule has 1 atom stereocenters. The predicted octanol–water partition coefficient (Wildman–Crippen LogP) is 3.04. The summed E-state index contributed by atoms with van der Waals surface area (Å²) >= 11 is 0. The van der Waals surface area contributed by atoms with Crippen molar-refractivity contribution in [2.24, 2.45) is 5.92 Å². The zero-order chi connectivity index (χ0) is 20.1. The number of piperidine rings is 1. The van der Waals surface area contributed by atoms with Gasteiger partial charge in [0.05, 0.1) is 6.10 Å². The zero-order valence-corrected chi connectivity index (χ0v) is 16.9. The summed E-state index contributed by atoms with van der Waals surface area (Å²) in [6, 6.07) is 10.2. The third-order valence-corrected chi connectivity index (χ3v) is 5.69. The van der Waals surface area contributed by atoms with Crippen LogP contribution in [0.1, 0.15) is 31.2 Å². The molecule has 2 N–H and O–H groups in total. The molecule has 3 heterocycles. The minimum atomic E-state index is 0.0691. The van der Waals surface area contributed by atoms with E-state index in [1.807, 2.05) is 18.2 Å². The van der Waals surface area contributed by atoms with Crippen LogP contribution in [0.15, 0.2) is 36.7 Å². The number of rotatable bonds is 6. The number of nitrogens with zero attached hydrogens (tertiary/aromatic N) is 3. The molecule has 7 nitrogen and oxygen atoms in total. The van der Waals surface area contributed by atoms with E-state index in [4.69, 9.17) is 4.74 Å². The van der Waals surface area contributed by atoms with E-state index in [0.29, 0.717) is 6.54 Å². The molecule has 0 aliphatic carbocycles. The van der Waals surface area contributed by atoms with Gasteiger partial charge in [-0.1, -0.05) is 17.7 Å². The first-order valence-electron chi connectivity index (χ1n) is 10.5. The Kier molecular flexibility index (Phi) is 6.24. The number of hydrogen-bond acceptors (Lipinski definition) is 6. The fraction of sp³-hybridized carbons (Fsp3) is 0.500. The van der Waals surface area contributed by atoms with E-state index >= 15 is 0 Å². The highest BCUT2D eigenvalue weighted by molar-refractivity contribution is 5.79. The van der Waals surface area contributed by atoms with Gasteiger partial charge in [-0.25, -0.2) is 9.97 Å². The summed E-state index contributed by atoms with van der Waals surface area (Å²) in [7, 11) is 0. The quantitative estimate of drug-likeness (QED) is 0.783. The number of anilines is 3. The summed E-state index contributed by atoms with van der Waals surface area (Å²) in [5.74, 6) is 1.90. The number of benzene rings is 1. The van der Waals surface area contributed by atoms with E-state index < -0.39 is 0 Å². The number of ether oxygens (including phenoxy) is 1. The maximum Gasteiger partial charge on any atom is 0.223 e. The minimum absolute atomic E-state index is 0.0691. The number of nitrogens with one attached hydrogen (secondary N) is 2. The maximum absolute atomic E-state index is 12.5. The van der Waals surface area contributed by atoms with E-state index in [1.54, 1.807) is 6.33 Å². The highest BCUT2D eigenvalue weighted by Crippen LogP contribution is 2.24. The Morgan fingerprint density at radius 1 is 1.17 bits per heavy atom. The average molecular weight is 396 g/mol. The number of carbonyl (C=O) groups is 1. The van der Waals surface area contributed by atoms with E-state index in [-0.39, 0.29) is 17.9 Å². The van der Waals surface area contributed by atoms with E-state index in [9.17, 15) is 4.79 Å². The number of amides is 1. The van der Waals surface area contributed by atoms with Crippen LogP contribution in [-0.2, 0) is 9.53 Å². The molecule has 2 fully saturated rings. The number of aromatic nitrogens is 2. The Hall–Kier alpha value is -2.67. The Labute approximate surface area is 171 Å². The van der Waals surface area contributed by atoms with E-state index in [1.165, 1.54) is 5.56 Å². The second kappa shape index (κ2) is 9.22. The van der Waals surface area contributed by atoms with Crippen molar-refractivity contribution in [1.29, 1.82) is 0 Å². The van der Waals surface area contributed by atoms with Crippen LogP contribution in [0.4, 0.5) is 17.3 Å². The van der Waals surface area contributed by atoms with Crippen molar-refractivity contribution in [3.8, 4) is 0 Å². The lowest BCUT2D eigenvalue weighted by atomic mass is 9.96. The van der Waals surface area contributed by atoms with Gasteiger partial charge in [0.2, 0.25) is 5.91 Å². The first-order valence-corrected chi connectivity index (χ1v) is 10.5. The van der Waals surface area contributed by atoms with Crippen LogP contribution < -0.4 is 15.5 Å². The Morgan fingerprint density at radius 2 is 1.97 bits per heavy atom. The van der Waals surface area contributed by atoms with Crippen LogP contribution in [0.2, 0.25) is 0 Å². The molecule has 1 amide bonds. The Balaban J connectivity index is 1.29. The molecular formula is C22H29N5O2. The van der Waals surface area contributed by atoms with Gasteiger partial charge in [-0.3, -0.25) is 4.79 Å². The van der Waals surface area contributed by atoms with Gasteiger partial charge >= 0.3 is 0 Å². The zero-order valence-electron chi connectivity index (χ0n) is 16.9. The SMILES string of the molecule is Cc1ccc(Nc2cc(N3CCC(C(=O)NCC4CCCO4)CC3)ncn2)cc1. The molecule has 1 aromatic heterocycles. The largest absolute Gasteiger partial charge is 0.376 e. The smallest absolute Gasteiger partial charge is 0.223 e. The summed E-state index contributed by atoms with van der Waals surface area (Å²) in [6.45, 7) is 5.16.